The van der Waals surface area contributed by atoms with Crippen LogP contribution in [0, 0.1) is 12.8 Å². The number of rotatable bonds is 3. The standard InChI is InChI=1S/C16H19N3OS/c1-10-18-15(9-21-10)11-5-7-12(8-6-11)19-16(20)13-3-2-4-14(13)17/h5-9,13-14H,2-4,17H2,1H3,(H,19,20). The Morgan fingerprint density at radius 3 is 2.67 bits per heavy atom. The lowest BCUT2D eigenvalue weighted by Gasteiger charge is -2.15. The number of carbonyl (C=O) groups excluding carboxylic acids is 1. The number of nitrogens with two attached hydrogens (primary N) is 1. The van der Waals surface area contributed by atoms with Crippen LogP contribution in [0.2, 0.25) is 0 Å². The van der Waals surface area contributed by atoms with Crippen LogP contribution in [-0.2, 0) is 4.79 Å². The fourth-order valence-corrected chi connectivity index (χ4v) is 3.39. The largest absolute Gasteiger partial charge is 0.327 e. The third-order valence-electron chi connectivity index (χ3n) is 3.97. The molecule has 1 aromatic heterocycles. The number of hydrogen-bond acceptors (Lipinski definition) is 4. The van der Waals surface area contributed by atoms with Gasteiger partial charge in [-0.15, -0.1) is 11.3 Å². The molecule has 1 fully saturated rings. The average molecular weight is 301 g/mol. The van der Waals surface area contributed by atoms with Crippen molar-refractivity contribution < 1.29 is 4.79 Å². The first-order valence-corrected chi connectivity index (χ1v) is 8.10. The summed E-state index contributed by atoms with van der Waals surface area (Å²) in [5, 5.41) is 6.06. The Balaban J connectivity index is 1.68. The SMILES string of the molecule is Cc1nc(-c2ccc(NC(=O)C3CCCC3N)cc2)cs1. The third-order valence-corrected chi connectivity index (χ3v) is 4.75. The molecule has 3 N–H and O–H groups in total. The zero-order chi connectivity index (χ0) is 14.8. The summed E-state index contributed by atoms with van der Waals surface area (Å²) >= 11 is 1.64. The highest BCUT2D eigenvalue weighted by atomic mass is 32.1. The summed E-state index contributed by atoms with van der Waals surface area (Å²) in [5.41, 5.74) is 8.83. The highest BCUT2D eigenvalue weighted by molar-refractivity contribution is 7.09. The van der Waals surface area contributed by atoms with Gasteiger partial charge in [0.15, 0.2) is 0 Å². The number of aryl methyl sites for hydroxylation is 1. The molecule has 1 amide bonds. The number of hydrogen-bond donors (Lipinski definition) is 2. The summed E-state index contributed by atoms with van der Waals surface area (Å²) in [7, 11) is 0. The Kier molecular flexibility index (Phi) is 4.03. The number of aromatic nitrogens is 1. The number of thiazole rings is 1. The van der Waals surface area contributed by atoms with Crippen molar-refractivity contribution in [3.63, 3.8) is 0 Å². The third kappa shape index (κ3) is 3.14. The monoisotopic (exact) mass is 301 g/mol. The van der Waals surface area contributed by atoms with Crippen molar-refractivity contribution in [3.8, 4) is 11.3 Å². The maximum Gasteiger partial charge on any atom is 0.229 e. The molecule has 0 radical (unpaired) electrons. The Hall–Kier alpha value is -1.72. The van der Waals surface area contributed by atoms with Gasteiger partial charge in [-0.25, -0.2) is 4.98 Å². The molecular formula is C16H19N3OS. The molecular weight excluding hydrogens is 282 g/mol. The van der Waals surface area contributed by atoms with Gasteiger partial charge in [0.05, 0.1) is 16.6 Å². The first-order chi connectivity index (χ1) is 10.1. The van der Waals surface area contributed by atoms with Crippen LogP contribution in [0.5, 0.6) is 0 Å². The normalized spacial score (nSPS) is 21.4. The Labute approximate surface area is 128 Å². The lowest BCUT2D eigenvalue weighted by atomic mass is 10.0. The summed E-state index contributed by atoms with van der Waals surface area (Å²) in [4.78, 5) is 16.6. The minimum atomic E-state index is -0.0501. The first kappa shape index (κ1) is 14.2. The van der Waals surface area contributed by atoms with E-state index in [1.165, 1.54) is 0 Å². The van der Waals surface area contributed by atoms with Gasteiger partial charge in [0, 0.05) is 22.7 Å². The van der Waals surface area contributed by atoms with Crippen molar-refractivity contribution in [1.29, 1.82) is 0 Å². The second-order valence-corrected chi connectivity index (χ2v) is 6.58. The van der Waals surface area contributed by atoms with Gasteiger partial charge in [-0.3, -0.25) is 4.79 Å². The molecule has 5 heteroatoms. The molecule has 0 spiro atoms. The molecule has 110 valence electrons. The van der Waals surface area contributed by atoms with Crippen LogP contribution in [0.25, 0.3) is 11.3 Å². The average Bonchev–Trinajstić information content (AvgIpc) is 3.08. The minimum Gasteiger partial charge on any atom is -0.327 e. The number of anilines is 1. The van der Waals surface area contributed by atoms with Crippen molar-refractivity contribution in [2.45, 2.75) is 32.2 Å². The van der Waals surface area contributed by atoms with E-state index in [4.69, 9.17) is 5.73 Å². The van der Waals surface area contributed by atoms with Crippen LogP contribution in [0.1, 0.15) is 24.3 Å². The van der Waals surface area contributed by atoms with Crippen LogP contribution in [0.3, 0.4) is 0 Å². The number of amides is 1. The zero-order valence-corrected chi connectivity index (χ0v) is 12.8. The predicted molar refractivity (Wildman–Crippen MR) is 86.2 cm³/mol. The second-order valence-electron chi connectivity index (χ2n) is 5.52. The molecule has 0 bridgehead atoms. The van der Waals surface area contributed by atoms with E-state index in [2.05, 4.69) is 10.3 Å². The van der Waals surface area contributed by atoms with Crippen molar-refractivity contribution in [2.24, 2.45) is 11.7 Å². The summed E-state index contributed by atoms with van der Waals surface area (Å²) in [6.07, 6.45) is 2.88. The van der Waals surface area contributed by atoms with E-state index in [-0.39, 0.29) is 17.9 Å². The fourth-order valence-electron chi connectivity index (χ4n) is 2.77. The van der Waals surface area contributed by atoms with Crippen molar-refractivity contribution in [2.75, 3.05) is 5.32 Å². The van der Waals surface area contributed by atoms with E-state index in [9.17, 15) is 4.79 Å². The van der Waals surface area contributed by atoms with Gasteiger partial charge < -0.3 is 11.1 Å². The molecule has 21 heavy (non-hydrogen) atoms. The van der Waals surface area contributed by atoms with Crippen LogP contribution >= 0.6 is 11.3 Å². The Morgan fingerprint density at radius 2 is 2.10 bits per heavy atom. The highest BCUT2D eigenvalue weighted by Crippen LogP contribution is 2.26. The molecule has 1 aliphatic carbocycles. The summed E-state index contributed by atoms with van der Waals surface area (Å²) in [5.74, 6) is -0.0110. The maximum absolute atomic E-state index is 12.2. The molecule has 0 saturated heterocycles. The molecule has 2 atom stereocenters. The van der Waals surface area contributed by atoms with Crippen molar-refractivity contribution in [3.05, 3.63) is 34.7 Å². The van der Waals surface area contributed by atoms with Crippen LogP contribution in [0.4, 0.5) is 5.69 Å². The van der Waals surface area contributed by atoms with Crippen molar-refractivity contribution >= 4 is 22.9 Å². The van der Waals surface area contributed by atoms with Gasteiger partial charge in [-0.1, -0.05) is 18.6 Å². The molecule has 1 aromatic carbocycles. The van der Waals surface area contributed by atoms with E-state index in [0.29, 0.717) is 0 Å². The maximum atomic E-state index is 12.2. The molecule has 1 saturated carbocycles. The quantitative estimate of drug-likeness (QED) is 0.915. The molecule has 2 unspecified atom stereocenters. The van der Waals surface area contributed by atoms with Crippen molar-refractivity contribution in [1.82, 2.24) is 4.98 Å². The second kappa shape index (κ2) is 5.95. The first-order valence-electron chi connectivity index (χ1n) is 7.22. The molecule has 4 nitrogen and oxygen atoms in total. The lowest BCUT2D eigenvalue weighted by molar-refractivity contribution is -0.120. The van der Waals surface area contributed by atoms with Gasteiger partial charge in [0.25, 0.3) is 0 Å². The molecule has 0 aliphatic heterocycles. The van der Waals surface area contributed by atoms with Gasteiger partial charge in [-0.2, -0.15) is 0 Å². The molecule has 3 rings (SSSR count). The number of carbonyl (C=O) groups is 1. The topological polar surface area (TPSA) is 68.0 Å². The summed E-state index contributed by atoms with van der Waals surface area (Å²) in [6.45, 7) is 1.99. The van der Waals surface area contributed by atoms with E-state index < -0.39 is 0 Å². The molecule has 1 heterocycles. The number of nitrogens with one attached hydrogen (secondary N) is 1. The fraction of sp³-hybridized carbons (Fsp3) is 0.375. The Bertz CT molecular complexity index is 635. The van der Waals surface area contributed by atoms with E-state index in [1.807, 2.05) is 36.6 Å². The van der Waals surface area contributed by atoms with E-state index >= 15 is 0 Å². The minimum absolute atomic E-state index is 0.00209. The molecule has 1 aliphatic rings. The number of nitrogens with zero attached hydrogens (tertiary/aromatic N) is 1. The van der Waals surface area contributed by atoms with Gasteiger partial charge in [0.2, 0.25) is 5.91 Å². The highest BCUT2D eigenvalue weighted by Gasteiger charge is 2.30. The lowest BCUT2D eigenvalue weighted by Crippen LogP contribution is -2.34. The van der Waals surface area contributed by atoms with Gasteiger partial charge in [0.1, 0.15) is 0 Å². The Morgan fingerprint density at radius 1 is 1.33 bits per heavy atom. The summed E-state index contributed by atoms with van der Waals surface area (Å²) < 4.78 is 0. The number of benzene rings is 1. The molecule has 2 aromatic rings. The summed E-state index contributed by atoms with van der Waals surface area (Å²) in [6, 6.07) is 7.81. The van der Waals surface area contributed by atoms with Gasteiger partial charge in [-0.05, 0) is 31.9 Å². The van der Waals surface area contributed by atoms with E-state index in [1.54, 1.807) is 11.3 Å². The zero-order valence-electron chi connectivity index (χ0n) is 12.0. The van der Waals surface area contributed by atoms with Crippen LogP contribution in [-0.4, -0.2) is 16.9 Å². The van der Waals surface area contributed by atoms with E-state index in [0.717, 1.165) is 41.2 Å². The smallest absolute Gasteiger partial charge is 0.229 e. The van der Waals surface area contributed by atoms with Crippen LogP contribution < -0.4 is 11.1 Å². The van der Waals surface area contributed by atoms with Crippen LogP contribution in [0.15, 0.2) is 29.6 Å². The van der Waals surface area contributed by atoms with Gasteiger partial charge >= 0.3 is 0 Å². The predicted octanol–water partition coefficient (Wildman–Crippen LogP) is 3.18.